The highest BCUT2D eigenvalue weighted by molar-refractivity contribution is 9.10. The Morgan fingerprint density at radius 3 is 3.00 bits per heavy atom. The minimum Gasteiger partial charge on any atom is -0.482 e. The lowest BCUT2D eigenvalue weighted by atomic mass is 10.2. The molecule has 0 aromatic heterocycles. The van der Waals surface area contributed by atoms with Crippen LogP contribution in [0.2, 0.25) is 0 Å². The fourth-order valence-corrected chi connectivity index (χ4v) is 2.22. The van der Waals surface area contributed by atoms with Crippen molar-refractivity contribution in [2.45, 2.75) is 0 Å². The van der Waals surface area contributed by atoms with Crippen LogP contribution in [0.3, 0.4) is 0 Å². The first-order chi connectivity index (χ1) is 9.61. The number of nitrogens with one attached hydrogen (secondary N) is 2. The molecule has 0 spiro atoms. The summed E-state index contributed by atoms with van der Waals surface area (Å²) in [5.74, 6) is 0.190. The van der Waals surface area contributed by atoms with Gasteiger partial charge in [0.1, 0.15) is 12.3 Å². The SMILES string of the molecule is CNCCNC(=O)CN1C(=O)COc2cc(Br)ccc21. The number of ether oxygens (including phenoxy) is 1. The summed E-state index contributed by atoms with van der Waals surface area (Å²) in [5, 5.41) is 5.69. The molecule has 2 amide bonds. The highest BCUT2D eigenvalue weighted by Gasteiger charge is 2.27. The summed E-state index contributed by atoms with van der Waals surface area (Å²) in [4.78, 5) is 25.2. The van der Waals surface area contributed by atoms with E-state index in [2.05, 4.69) is 26.6 Å². The van der Waals surface area contributed by atoms with Gasteiger partial charge in [-0.25, -0.2) is 0 Å². The van der Waals surface area contributed by atoms with Crippen molar-refractivity contribution >= 4 is 33.4 Å². The lowest BCUT2D eigenvalue weighted by Gasteiger charge is -2.29. The minimum atomic E-state index is -0.219. The molecule has 0 atom stereocenters. The van der Waals surface area contributed by atoms with Crippen LogP contribution in [0.25, 0.3) is 0 Å². The Balaban J connectivity index is 2.07. The molecule has 1 aliphatic rings. The second kappa shape index (κ2) is 6.71. The molecule has 0 fully saturated rings. The normalized spacial score (nSPS) is 13.7. The van der Waals surface area contributed by atoms with E-state index in [0.29, 0.717) is 24.5 Å². The zero-order valence-corrected chi connectivity index (χ0v) is 12.7. The van der Waals surface area contributed by atoms with Crippen LogP contribution in [0, 0.1) is 0 Å². The topological polar surface area (TPSA) is 70.7 Å². The smallest absolute Gasteiger partial charge is 0.265 e. The van der Waals surface area contributed by atoms with Crippen molar-refractivity contribution in [2.75, 3.05) is 38.2 Å². The van der Waals surface area contributed by atoms with Gasteiger partial charge in [0.25, 0.3) is 5.91 Å². The van der Waals surface area contributed by atoms with E-state index in [9.17, 15) is 9.59 Å². The van der Waals surface area contributed by atoms with Crippen molar-refractivity contribution in [1.29, 1.82) is 0 Å². The van der Waals surface area contributed by atoms with Gasteiger partial charge in [0.15, 0.2) is 6.61 Å². The van der Waals surface area contributed by atoms with E-state index in [1.165, 1.54) is 4.90 Å². The summed E-state index contributed by atoms with van der Waals surface area (Å²) in [6.45, 7) is 1.17. The standard InChI is InChI=1S/C13H16BrN3O3/c1-15-4-5-16-12(18)7-17-10-3-2-9(14)6-11(10)20-8-13(17)19/h2-3,6,15H,4-5,7-8H2,1H3,(H,16,18). The van der Waals surface area contributed by atoms with Crippen LogP contribution in [0.4, 0.5) is 5.69 Å². The zero-order valence-electron chi connectivity index (χ0n) is 11.1. The van der Waals surface area contributed by atoms with E-state index in [1.807, 2.05) is 13.1 Å². The van der Waals surface area contributed by atoms with Crippen LogP contribution >= 0.6 is 15.9 Å². The van der Waals surface area contributed by atoms with Gasteiger partial charge in [-0.05, 0) is 25.2 Å². The molecule has 1 aliphatic heterocycles. The van der Waals surface area contributed by atoms with Gasteiger partial charge in [-0.2, -0.15) is 0 Å². The van der Waals surface area contributed by atoms with Crippen LogP contribution in [0.5, 0.6) is 5.75 Å². The third-order valence-electron chi connectivity index (χ3n) is 2.86. The van der Waals surface area contributed by atoms with E-state index < -0.39 is 0 Å². The molecule has 1 aromatic rings. The van der Waals surface area contributed by atoms with Gasteiger partial charge in [0.2, 0.25) is 5.91 Å². The van der Waals surface area contributed by atoms with Gasteiger partial charge < -0.3 is 15.4 Å². The number of benzene rings is 1. The van der Waals surface area contributed by atoms with Gasteiger partial charge in [-0.1, -0.05) is 15.9 Å². The first-order valence-corrected chi connectivity index (χ1v) is 7.05. The lowest BCUT2D eigenvalue weighted by molar-refractivity contribution is -0.125. The highest BCUT2D eigenvalue weighted by atomic mass is 79.9. The van der Waals surface area contributed by atoms with Crippen molar-refractivity contribution in [3.63, 3.8) is 0 Å². The van der Waals surface area contributed by atoms with Gasteiger partial charge >= 0.3 is 0 Å². The molecular formula is C13H16BrN3O3. The maximum atomic E-state index is 11.9. The number of hydrogen-bond donors (Lipinski definition) is 2. The second-order valence-corrected chi connectivity index (χ2v) is 5.25. The Morgan fingerprint density at radius 2 is 2.25 bits per heavy atom. The Morgan fingerprint density at radius 1 is 1.45 bits per heavy atom. The molecule has 0 saturated heterocycles. The minimum absolute atomic E-state index is 0.000536. The van der Waals surface area contributed by atoms with Crippen molar-refractivity contribution in [2.24, 2.45) is 0 Å². The van der Waals surface area contributed by atoms with Crippen LogP contribution in [-0.4, -0.2) is 45.1 Å². The largest absolute Gasteiger partial charge is 0.482 e. The molecule has 7 heteroatoms. The highest BCUT2D eigenvalue weighted by Crippen LogP contribution is 2.34. The lowest BCUT2D eigenvalue weighted by Crippen LogP contribution is -2.45. The molecule has 1 aromatic carbocycles. The quantitative estimate of drug-likeness (QED) is 0.765. The Hall–Kier alpha value is -1.60. The molecule has 2 N–H and O–H groups in total. The molecular weight excluding hydrogens is 326 g/mol. The number of nitrogens with zero attached hydrogens (tertiary/aromatic N) is 1. The summed E-state index contributed by atoms with van der Waals surface area (Å²) < 4.78 is 6.23. The van der Waals surface area contributed by atoms with Crippen LogP contribution in [-0.2, 0) is 9.59 Å². The summed E-state index contributed by atoms with van der Waals surface area (Å²) in [7, 11) is 1.81. The maximum absolute atomic E-state index is 11.9. The number of rotatable bonds is 5. The molecule has 6 nitrogen and oxygen atoms in total. The Bertz CT molecular complexity index is 522. The van der Waals surface area contributed by atoms with Crippen molar-refractivity contribution in [3.05, 3.63) is 22.7 Å². The first-order valence-electron chi connectivity index (χ1n) is 6.26. The average molecular weight is 342 g/mol. The van der Waals surface area contributed by atoms with E-state index in [0.717, 1.165) is 4.47 Å². The van der Waals surface area contributed by atoms with Gasteiger partial charge in [0, 0.05) is 17.6 Å². The van der Waals surface area contributed by atoms with Crippen LogP contribution in [0.15, 0.2) is 22.7 Å². The number of carbonyl (C=O) groups is 2. The summed E-state index contributed by atoms with van der Waals surface area (Å²) >= 11 is 3.35. The second-order valence-electron chi connectivity index (χ2n) is 4.33. The molecule has 1 heterocycles. The average Bonchev–Trinajstić information content (AvgIpc) is 2.42. The van der Waals surface area contributed by atoms with Crippen molar-refractivity contribution in [3.8, 4) is 5.75 Å². The number of hydrogen-bond acceptors (Lipinski definition) is 4. The number of fused-ring (bicyclic) bond motifs is 1. The van der Waals surface area contributed by atoms with Crippen LogP contribution < -0.4 is 20.3 Å². The monoisotopic (exact) mass is 341 g/mol. The number of anilines is 1. The van der Waals surface area contributed by atoms with E-state index in [1.54, 1.807) is 12.1 Å². The first kappa shape index (κ1) is 14.8. The summed E-state index contributed by atoms with van der Waals surface area (Å²) in [6, 6.07) is 5.36. The predicted molar refractivity (Wildman–Crippen MR) is 78.9 cm³/mol. The molecule has 0 radical (unpaired) electrons. The Kier molecular flexibility index (Phi) is 4.97. The summed E-state index contributed by atoms with van der Waals surface area (Å²) in [5.41, 5.74) is 0.619. The van der Waals surface area contributed by atoms with Crippen LogP contribution in [0.1, 0.15) is 0 Å². The molecule has 0 aliphatic carbocycles. The third-order valence-corrected chi connectivity index (χ3v) is 3.36. The summed E-state index contributed by atoms with van der Waals surface area (Å²) in [6.07, 6.45) is 0. The third kappa shape index (κ3) is 3.49. The van der Waals surface area contributed by atoms with Gasteiger partial charge in [-0.3, -0.25) is 14.5 Å². The van der Waals surface area contributed by atoms with E-state index in [4.69, 9.17) is 4.74 Å². The predicted octanol–water partition coefficient (Wildman–Crippen LogP) is 0.510. The van der Waals surface area contributed by atoms with E-state index >= 15 is 0 Å². The number of likely N-dealkylation sites (N-methyl/N-ethyl adjacent to an activating group) is 1. The van der Waals surface area contributed by atoms with Crippen molar-refractivity contribution < 1.29 is 14.3 Å². The maximum Gasteiger partial charge on any atom is 0.265 e. The molecule has 20 heavy (non-hydrogen) atoms. The fraction of sp³-hybridized carbons (Fsp3) is 0.385. The number of halogens is 1. The number of carbonyl (C=O) groups excluding carboxylic acids is 2. The van der Waals surface area contributed by atoms with Gasteiger partial charge in [-0.15, -0.1) is 0 Å². The Labute approximate surface area is 125 Å². The van der Waals surface area contributed by atoms with E-state index in [-0.39, 0.29) is 25.0 Å². The fourth-order valence-electron chi connectivity index (χ4n) is 1.88. The molecule has 0 unspecified atom stereocenters. The van der Waals surface area contributed by atoms with Crippen molar-refractivity contribution in [1.82, 2.24) is 10.6 Å². The molecule has 2 rings (SSSR count). The zero-order chi connectivity index (χ0) is 14.5. The molecule has 0 saturated carbocycles. The van der Waals surface area contributed by atoms with Gasteiger partial charge in [0.05, 0.1) is 5.69 Å². The number of amides is 2. The molecule has 0 bridgehead atoms. The molecule has 108 valence electrons.